The Bertz CT molecular complexity index is 695. The Morgan fingerprint density at radius 2 is 1.88 bits per heavy atom. The largest absolute Gasteiger partial charge is 0.368 e. The minimum atomic E-state index is 0.0101. The predicted molar refractivity (Wildman–Crippen MR) is 103 cm³/mol. The van der Waals surface area contributed by atoms with Gasteiger partial charge in [-0.2, -0.15) is 15.0 Å². The van der Waals surface area contributed by atoms with E-state index in [0.29, 0.717) is 29.2 Å². The monoisotopic (exact) mass is 360 g/mol. The highest BCUT2D eigenvalue weighted by Crippen LogP contribution is 2.15. The van der Waals surface area contributed by atoms with E-state index in [1.54, 1.807) is 0 Å². The quantitative estimate of drug-likeness (QED) is 0.664. The van der Waals surface area contributed by atoms with Crippen LogP contribution in [0, 0.1) is 5.92 Å². The number of nitrogens with one attached hydrogen (secondary N) is 2. The molecule has 0 bridgehead atoms. The Balaban J connectivity index is 1.89. The van der Waals surface area contributed by atoms with E-state index in [9.17, 15) is 4.79 Å². The van der Waals surface area contributed by atoms with Crippen molar-refractivity contribution < 1.29 is 4.79 Å². The molecular formula is C17H24N6OS. The van der Waals surface area contributed by atoms with Crippen LogP contribution in [0.25, 0.3) is 0 Å². The third-order valence-electron chi connectivity index (χ3n) is 3.58. The Morgan fingerprint density at radius 1 is 1.16 bits per heavy atom. The SMILES string of the molecule is CC(C)[C@@H](C)NC(=O)CSCc1nc(N)nc(Nc2ccccc2)n1. The Hall–Kier alpha value is -2.35. The molecule has 2 aromatic rings. The molecule has 4 N–H and O–H groups in total. The third kappa shape index (κ3) is 6.58. The van der Waals surface area contributed by atoms with E-state index in [2.05, 4.69) is 39.4 Å². The van der Waals surface area contributed by atoms with Crippen LogP contribution in [0.1, 0.15) is 26.6 Å². The number of carbonyl (C=O) groups excluding carboxylic acids is 1. The minimum absolute atomic E-state index is 0.0101. The van der Waals surface area contributed by atoms with Crippen LogP contribution in [0.3, 0.4) is 0 Å². The van der Waals surface area contributed by atoms with E-state index in [4.69, 9.17) is 5.73 Å². The van der Waals surface area contributed by atoms with Gasteiger partial charge in [0.2, 0.25) is 17.8 Å². The molecule has 0 saturated heterocycles. The van der Waals surface area contributed by atoms with E-state index in [1.165, 1.54) is 11.8 Å². The second-order valence-electron chi connectivity index (χ2n) is 6.02. The smallest absolute Gasteiger partial charge is 0.232 e. The highest BCUT2D eigenvalue weighted by molar-refractivity contribution is 7.99. The Kier molecular flexibility index (Phi) is 7.00. The Morgan fingerprint density at radius 3 is 2.56 bits per heavy atom. The van der Waals surface area contributed by atoms with Gasteiger partial charge in [0.05, 0.1) is 11.5 Å². The van der Waals surface area contributed by atoms with Crippen LogP contribution < -0.4 is 16.4 Å². The van der Waals surface area contributed by atoms with E-state index < -0.39 is 0 Å². The van der Waals surface area contributed by atoms with E-state index in [1.807, 2.05) is 37.3 Å². The van der Waals surface area contributed by atoms with Crippen molar-refractivity contribution in [3.63, 3.8) is 0 Å². The maximum atomic E-state index is 11.9. The molecule has 7 nitrogen and oxygen atoms in total. The molecule has 1 heterocycles. The summed E-state index contributed by atoms with van der Waals surface area (Å²) < 4.78 is 0. The van der Waals surface area contributed by atoms with Crippen molar-refractivity contribution in [1.29, 1.82) is 0 Å². The summed E-state index contributed by atoms with van der Waals surface area (Å²) >= 11 is 1.44. The number of para-hydroxylation sites is 1. The van der Waals surface area contributed by atoms with Gasteiger partial charge in [-0.15, -0.1) is 11.8 Å². The number of rotatable bonds is 8. The van der Waals surface area contributed by atoms with Crippen LogP contribution in [0.4, 0.5) is 17.6 Å². The van der Waals surface area contributed by atoms with E-state index in [0.717, 1.165) is 5.69 Å². The lowest BCUT2D eigenvalue weighted by molar-refractivity contribution is -0.119. The standard InChI is InChI=1S/C17H24N6OS/c1-11(2)12(3)19-15(24)10-25-9-14-21-16(18)23-17(22-14)20-13-7-5-4-6-8-13/h4-8,11-12H,9-10H2,1-3H3,(H,19,24)(H3,18,20,21,22,23)/t12-/m1/s1. The van der Waals surface area contributed by atoms with Crippen LogP contribution in [-0.4, -0.2) is 32.7 Å². The minimum Gasteiger partial charge on any atom is -0.368 e. The average Bonchev–Trinajstić information content (AvgIpc) is 2.55. The molecule has 25 heavy (non-hydrogen) atoms. The molecule has 0 radical (unpaired) electrons. The second kappa shape index (κ2) is 9.22. The number of hydrogen-bond acceptors (Lipinski definition) is 7. The van der Waals surface area contributed by atoms with Crippen molar-refractivity contribution in [2.24, 2.45) is 5.92 Å². The zero-order valence-electron chi connectivity index (χ0n) is 14.7. The first-order chi connectivity index (χ1) is 11.9. The number of hydrogen-bond donors (Lipinski definition) is 3. The van der Waals surface area contributed by atoms with Gasteiger partial charge in [0.15, 0.2) is 0 Å². The number of benzene rings is 1. The highest BCUT2D eigenvalue weighted by Gasteiger charge is 2.11. The zero-order chi connectivity index (χ0) is 18.2. The fraction of sp³-hybridized carbons (Fsp3) is 0.412. The summed E-state index contributed by atoms with van der Waals surface area (Å²) in [5, 5.41) is 6.06. The van der Waals surface area contributed by atoms with Crippen molar-refractivity contribution in [2.75, 3.05) is 16.8 Å². The topological polar surface area (TPSA) is 106 Å². The number of nitrogens with zero attached hydrogens (tertiary/aromatic N) is 3. The third-order valence-corrected chi connectivity index (χ3v) is 4.51. The maximum absolute atomic E-state index is 11.9. The lowest BCUT2D eigenvalue weighted by atomic mass is 10.1. The first-order valence-electron chi connectivity index (χ1n) is 8.13. The molecule has 2 rings (SSSR count). The molecule has 0 spiro atoms. The first kappa shape index (κ1) is 19.0. The number of amides is 1. The molecule has 1 amide bonds. The molecule has 0 aliphatic carbocycles. The Labute approximate surface area is 152 Å². The van der Waals surface area contributed by atoms with Crippen molar-refractivity contribution in [2.45, 2.75) is 32.6 Å². The highest BCUT2D eigenvalue weighted by atomic mass is 32.2. The lowest BCUT2D eigenvalue weighted by Gasteiger charge is -2.17. The maximum Gasteiger partial charge on any atom is 0.232 e. The van der Waals surface area contributed by atoms with Gasteiger partial charge in [-0.1, -0.05) is 32.0 Å². The molecule has 0 saturated carbocycles. The first-order valence-corrected chi connectivity index (χ1v) is 9.29. The molecule has 0 unspecified atom stereocenters. The van der Waals surface area contributed by atoms with Gasteiger partial charge in [0.1, 0.15) is 5.82 Å². The van der Waals surface area contributed by atoms with Crippen LogP contribution >= 0.6 is 11.8 Å². The summed E-state index contributed by atoms with van der Waals surface area (Å²) in [6.07, 6.45) is 0. The number of carbonyl (C=O) groups is 1. The van der Waals surface area contributed by atoms with Gasteiger partial charge in [-0.05, 0) is 25.0 Å². The summed E-state index contributed by atoms with van der Waals surface area (Å²) in [5.41, 5.74) is 6.62. The van der Waals surface area contributed by atoms with Gasteiger partial charge in [0, 0.05) is 11.7 Å². The van der Waals surface area contributed by atoms with Crippen molar-refractivity contribution in [3.8, 4) is 0 Å². The molecule has 0 aliphatic heterocycles. The van der Waals surface area contributed by atoms with E-state index >= 15 is 0 Å². The average molecular weight is 360 g/mol. The van der Waals surface area contributed by atoms with Gasteiger partial charge in [0.25, 0.3) is 0 Å². The van der Waals surface area contributed by atoms with Crippen molar-refractivity contribution in [1.82, 2.24) is 20.3 Å². The van der Waals surface area contributed by atoms with Crippen molar-refractivity contribution >= 4 is 35.3 Å². The predicted octanol–water partition coefficient (Wildman–Crippen LogP) is 2.59. The molecule has 134 valence electrons. The zero-order valence-corrected chi connectivity index (χ0v) is 15.5. The molecule has 1 aromatic carbocycles. The molecular weight excluding hydrogens is 336 g/mol. The summed E-state index contributed by atoms with van der Waals surface area (Å²) in [6.45, 7) is 6.15. The normalized spacial score (nSPS) is 12.0. The van der Waals surface area contributed by atoms with Crippen LogP contribution in [0.15, 0.2) is 30.3 Å². The fourth-order valence-electron chi connectivity index (χ4n) is 1.91. The van der Waals surface area contributed by atoms with Gasteiger partial charge in [-0.25, -0.2) is 0 Å². The number of thioether (sulfide) groups is 1. The number of aromatic nitrogens is 3. The van der Waals surface area contributed by atoms with Crippen LogP contribution in [-0.2, 0) is 10.5 Å². The summed E-state index contributed by atoms with van der Waals surface area (Å²) in [6, 6.07) is 9.74. The molecule has 0 fully saturated rings. The molecule has 0 aliphatic rings. The number of anilines is 3. The van der Waals surface area contributed by atoms with E-state index in [-0.39, 0.29) is 17.9 Å². The molecule has 1 aromatic heterocycles. The van der Waals surface area contributed by atoms with Gasteiger partial charge in [-0.3, -0.25) is 4.79 Å². The number of nitrogen functional groups attached to an aromatic ring is 1. The molecule has 8 heteroatoms. The van der Waals surface area contributed by atoms with Crippen LogP contribution in [0.5, 0.6) is 0 Å². The summed E-state index contributed by atoms with van der Waals surface area (Å²) in [4.78, 5) is 24.5. The van der Waals surface area contributed by atoms with Crippen molar-refractivity contribution in [3.05, 3.63) is 36.2 Å². The lowest BCUT2D eigenvalue weighted by Crippen LogP contribution is -2.37. The number of nitrogens with two attached hydrogens (primary N) is 1. The summed E-state index contributed by atoms with van der Waals surface area (Å²) in [5.74, 6) is 2.35. The summed E-state index contributed by atoms with van der Waals surface area (Å²) in [7, 11) is 0. The fourth-order valence-corrected chi connectivity index (χ4v) is 2.59. The van der Waals surface area contributed by atoms with Gasteiger partial charge < -0.3 is 16.4 Å². The van der Waals surface area contributed by atoms with Gasteiger partial charge >= 0.3 is 0 Å². The van der Waals surface area contributed by atoms with Crippen LogP contribution in [0.2, 0.25) is 0 Å². The second-order valence-corrected chi connectivity index (χ2v) is 7.00. The molecule has 1 atom stereocenters.